The molecule has 1 aromatic carbocycles. The normalized spacial score (nSPS) is 21.6. The summed E-state index contributed by atoms with van der Waals surface area (Å²) < 4.78 is 0. The summed E-state index contributed by atoms with van der Waals surface area (Å²) in [5.74, 6) is 0.861. The molecule has 1 aromatic rings. The van der Waals surface area contributed by atoms with E-state index in [9.17, 15) is 4.79 Å². The van der Waals surface area contributed by atoms with Gasteiger partial charge in [0.1, 0.15) is 0 Å². The first kappa shape index (κ1) is 9.45. The second kappa shape index (κ2) is 3.56. The Morgan fingerprint density at radius 2 is 2.14 bits per heavy atom. The highest BCUT2D eigenvalue weighted by atomic mass is 16.1. The van der Waals surface area contributed by atoms with Gasteiger partial charge in [0.2, 0.25) is 0 Å². The summed E-state index contributed by atoms with van der Waals surface area (Å²) in [5.41, 5.74) is 3.46. The van der Waals surface area contributed by atoms with Crippen LogP contribution in [0.1, 0.15) is 41.3 Å². The van der Waals surface area contributed by atoms with Gasteiger partial charge in [0.05, 0.1) is 0 Å². The Balaban J connectivity index is 2.43. The minimum Gasteiger partial charge on any atom is -0.294 e. The van der Waals surface area contributed by atoms with E-state index >= 15 is 0 Å². The lowest BCUT2D eigenvalue weighted by Gasteiger charge is -2.04. The van der Waals surface area contributed by atoms with Gasteiger partial charge in [-0.3, -0.25) is 4.79 Å². The van der Waals surface area contributed by atoms with Gasteiger partial charge in [0.25, 0.3) is 0 Å². The number of rotatable bonds is 0. The van der Waals surface area contributed by atoms with E-state index < -0.39 is 0 Å². The van der Waals surface area contributed by atoms with Crippen molar-refractivity contribution in [2.24, 2.45) is 5.92 Å². The predicted octanol–water partition coefficient (Wildman–Crippen LogP) is 3.15. The van der Waals surface area contributed by atoms with E-state index in [1.807, 2.05) is 12.1 Å². The molecule has 1 heteroatoms. The molecule has 0 heterocycles. The maximum absolute atomic E-state index is 11.8. The third kappa shape index (κ3) is 1.72. The minimum absolute atomic E-state index is 0.324. The Morgan fingerprint density at radius 1 is 1.36 bits per heavy atom. The molecule has 0 saturated carbocycles. The van der Waals surface area contributed by atoms with Gasteiger partial charge >= 0.3 is 0 Å². The average Bonchev–Trinajstić information content (AvgIpc) is 2.26. The number of hydrogen-bond acceptors (Lipinski definition) is 1. The van der Waals surface area contributed by atoms with Crippen molar-refractivity contribution in [1.82, 2.24) is 0 Å². The van der Waals surface area contributed by atoms with Crippen LogP contribution in [0.25, 0.3) is 0 Å². The molecular formula is C13H16O. The smallest absolute Gasteiger partial charge is 0.163 e. The zero-order valence-corrected chi connectivity index (χ0v) is 8.84. The van der Waals surface area contributed by atoms with E-state index in [1.165, 1.54) is 11.1 Å². The van der Waals surface area contributed by atoms with Gasteiger partial charge in [-0.2, -0.15) is 0 Å². The topological polar surface area (TPSA) is 17.1 Å². The quantitative estimate of drug-likeness (QED) is 0.571. The highest BCUT2D eigenvalue weighted by Crippen LogP contribution is 2.24. The number of hydrogen-bond donors (Lipinski definition) is 0. The van der Waals surface area contributed by atoms with Crippen LogP contribution >= 0.6 is 0 Å². The van der Waals surface area contributed by atoms with Crippen molar-refractivity contribution < 1.29 is 4.79 Å². The second-order valence-corrected chi connectivity index (χ2v) is 4.43. The van der Waals surface area contributed by atoms with E-state index in [1.54, 1.807) is 0 Å². The van der Waals surface area contributed by atoms with Gasteiger partial charge in [0.15, 0.2) is 5.78 Å². The number of carbonyl (C=O) groups excluding carboxylic acids is 1. The monoisotopic (exact) mass is 188 g/mol. The van der Waals surface area contributed by atoms with Gasteiger partial charge < -0.3 is 0 Å². The van der Waals surface area contributed by atoms with Gasteiger partial charge in [-0.1, -0.05) is 30.7 Å². The summed E-state index contributed by atoms with van der Waals surface area (Å²) in [7, 11) is 0. The lowest BCUT2D eigenvalue weighted by Crippen LogP contribution is -2.03. The molecular weight excluding hydrogens is 172 g/mol. The zero-order chi connectivity index (χ0) is 10.1. The fourth-order valence-corrected chi connectivity index (χ4v) is 2.13. The fourth-order valence-electron chi connectivity index (χ4n) is 2.13. The summed E-state index contributed by atoms with van der Waals surface area (Å²) in [6.45, 7) is 4.25. The molecule has 0 N–H and O–H groups in total. The van der Waals surface area contributed by atoms with Crippen molar-refractivity contribution in [2.45, 2.75) is 33.1 Å². The van der Waals surface area contributed by atoms with E-state index in [2.05, 4.69) is 19.9 Å². The lowest BCUT2D eigenvalue weighted by atomic mass is 10.00. The van der Waals surface area contributed by atoms with Gasteiger partial charge in [0, 0.05) is 12.0 Å². The van der Waals surface area contributed by atoms with Crippen LogP contribution in [0.5, 0.6) is 0 Å². The first-order valence-electron chi connectivity index (χ1n) is 5.29. The van der Waals surface area contributed by atoms with Crippen LogP contribution in [0.4, 0.5) is 0 Å². The molecule has 14 heavy (non-hydrogen) atoms. The molecule has 1 atom stereocenters. The third-order valence-electron chi connectivity index (χ3n) is 3.00. The van der Waals surface area contributed by atoms with Crippen molar-refractivity contribution in [1.29, 1.82) is 0 Å². The number of ketones is 1. The van der Waals surface area contributed by atoms with Crippen LogP contribution in [0, 0.1) is 12.8 Å². The Morgan fingerprint density at radius 3 is 2.93 bits per heavy atom. The van der Waals surface area contributed by atoms with Crippen LogP contribution in [0.2, 0.25) is 0 Å². The first-order valence-corrected chi connectivity index (χ1v) is 5.29. The van der Waals surface area contributed by atoms with E-state index in [0.717, 1.165) is 24.8 Å². The molecule has 0 fully saturated rings. The zero-order valence-electron chi connectivity index (χ0n) is 8.84. The molecule has 0 amide bonds. The van der Waals surface area contributed by atoms with Crippen molar-refractivity contribution in [3.63, 3.8) is 0 Å². The second-order valence-electron chi connectivity index (χ2n) is 4.43. The molecule has 1 aliphatic rings. The molecule has 2 rings (SSSR count). The van der Waals surface area contributed by atoms with Crippen LogP contribution < -0.4 is 0 Å². The molecule has 0 aliphatic heterocycles. The van der Waals surface area contributed by atoms with Crippen LogP contribution in [-0.2, 0) is 6.42 Å². The van der Waals surface area contributed by atoms with Gasteiger partial charge in [-0.05, 0) is 31.2 Å². The minimum atomic E-state index is 0.324. The van der Waals surface area contributed by atoms with Crippen LogP contribution in [-0.4, -0.2) is 5.78 Å². The molecule has 0 spiro atoms. The van der Waals surface area contributed by atoms with Crippen molar-refractivity contribution in [2.75, 3.05) is 0 Å². The number of benzene rings is 1. The highest BCUT2D eigenvalue weighted by molar-refractivity contribution is 5.98. The molecule has 1 unspecified atom stereocenters. The lowest BCUT2D eigenvalue weighted by molar-refractivity contribution is 0.0967. The van der Waals surface area contributed by atoms with E-state index in [0.29, 0.717) is 11.7 Å². The summed E-state index contributed by atoms with van der Waals surface area (Å²) in [6.07, 6.45) is 2.92. The standard InChI is InChI=1S/C13H16O/c1-9-4-6-12-11(7-9)5-3-10(2)8-13(12)14/h4,6-7,10H,3,5,8H2,1-2H3. The fraction of sp³-hybridized carbons (Fsp3) is 0.462. The summed E-state index contributed by atoms with van der Waals surface area (Å²) in [6, 6.07) is 6.18. The SMILES string of the molecule is Cc1ccc2c(c1)CCC(C)CC2=O. The number of Topliss-reactive ketones (excluding diaryl/α,β-unsaturated/α-hetero) is 1. The molecule has 0 saturated heterocycles. The molecule has 0 aromatic heterocycles. The van der Waals surface area contributed by atoms with E-state index in [4.69, 9.17) is 0 Å². The molecule has 74 valence electrons. The van der Waals surface area contributed by atoms with Crippen molar-refractivity contribution >= 4 is 5.78 Å². The maximum atomic E-state index is 11.8. The van der Waals surface area contributed by atoms with Crippen molar-refractivity contribution in [3.8, 4) is 0 Å². The molecule has 0 radical (unpaired) electrons. The van der Waals surface area contributed by atoms with E-state index in [-0.39, 0.29) is 0 Å². The van der Waals surface area contributed by atoms with Gasteiger partial charge in [-0.15, -0.1) is 0 Å². The Bertz CT molecular complexity index is 365. The third-order valence-corrected chi connectivity index (χ3v) is 3.00. The summed E-state index contributed by atoms with van der Waals surface area (Å²) in [5, 5.41) is 0. The summed E-state index contributed by atoms with van der Waals surface area (Å²) in [4.78, 5) is 11.8. The largest absolute Gasteiger partial charge is 0.294 e. The average molecular weight is 188 g/mol. The highest BCUT2D eigenvalue weighted by Gasteiger charge is 2.19. The Hall–Kier alpha value is -1.11. The molecule has 1 nitrogen and oxygen atoms in total. The van der Waals surface area contributed by atoms with Crippen LogP contribution in [0.3, 0.4) is 0 Å². The van der Waals surface area contributed by atoms with Gasteiger partial charge in [-0.25, -0.2) is 0 Å². The number of carbonyl (C=O) groups is 1. The first-order chi connectivity index (χ1) is 6.66. The summed E-state index contributed by atoms with van der Waals surface area (Å²) >= 11 is 0. The number of fused-ring (bicyclic) bond motifs is 1. The molecule has 1 aliphatic carbocycles. The maximum Gasteiger partial charge on any atom is 0.163 e. The number of aryl methyl sites for hydroxylation is 2. The molecule has 0 bridgehead atoms. The predicted molar refractivity (Wildman–Crippen MR) is 57.6 cm³/mol. The van der Waals surface area contributed by atoms with Crippen molar-refractivity contribution in [3.05, 3.63) is 34.9 Å². The van der Waals surface area contributed by atoms with Crippen LogP contribution in [0.15, 0.2) is 18.2 Å². The Kier molecular flexibility index (Phi) is 2.40. The Labute approximate surface area is 85.1 Å².